The van der Waals surface area contributed by atoms with Crippen molar-refractivity contribution in [1.82, 2.24) is 9.88 Å². The lowest BCUT2D eigenvalue weighted by Crippen LogP contribution is -2.39. The summed E-state index contributed by atoms with van der Waals surface area (Å²) in [5.41, 5.74) is -0.00185. The molecule has 1 aliphatic heterocycles. The number of aromatic amines is 1. The molecular formula is C14H18N2O3. The van der Waals surface area contributed by atoms with E-state index >= 15 is 0 Å². The van der Waals surface area contributed by atoms with Crippen LogP contribution in [0.15, 0.2) is 29.2 Å². The van der Waals surface area contributed by atoms with Crippen LogP contribution in [0.4, 0.5) is 0 Å². The molecule has 0 saturated heterocycles. The van der Waals surface area contributed by atoms with Crippen LogP contribution in [-0.2, 0) is 0 Å². The first-order valence-corrected chi connectivity index (χ1v) is 6.29. The number of hydrogen-bond donors (Lipinski definition) is 1. The number of nitrogens with zero attached hydrogens (tertiary/aromatic N) is 1. The predicted octanol–water partition coefficient (Wildman–Crippen LogP) is 1.42. The second-order valence-electron chi connectivity index (χ2n) is 4.90. The molecule has 102 valence electrons. The molecule has 0 bridgehead atoms. The molecular weight excluding hydrogens is 244 g/mol. The molecule has 1 atom stereocenters. The van der Waals surface area contributed by atoms with Gasteiger partial charge in [-0.3, -0.25) is 9.59 Å². The summed E-state index contributed by atoms with van der Waals surface area (Å²) in [6.45, 7) is 4.71. The number of hydrogen-bond acceptors (Lipinski definition) is 3. The normalized spacial score (nSPS) is 18.1. The monoisotopic (exact) mass is 262 g/mol. The van der Waals surface area contributed by atoms with Gasteiger partial charge < -0.3 is 14.6 Å². The Kier molecular flexibility index (Phi) is 3.74. The topological polar surface area (TPSA) is 62.4 Å². The Labute approximate surface area is 111 Å². The van der Waals surface area contributed by atoms with Gasteiger partial charge in [0.05, 0.1) is 13.2 Å². The number of H-pyrrole nitrogens is 1. The van der Waals surface area contributed by atoms with Crippen LogP contribution >= 0.6 is 0 Å². The highest BCUT2D eigenvalue weighted by molar-refractivity contribution is 5.93. The number of pyridine rings is 1. The first kappa shape index (κ1) is 13.4. The van der Waals surface area contributed by atoms with Crippen molar-refractivity contribution in [1.29, 1.82) is 0 Å². The number of ether oxygens (including phenoxy) is 1. The van der Waals surface area contributed by atoms with Crippen molar-refractivity contribution in [3.8, 4) is 5.75 Å². The van der Waals surface area contributed by atoms with Crippen LogP contribution in [0.25, 0.3) is 0 Å². The Hall–Kier alpha value is -2.04. The van der Waals surface area contributed by atoms with E-state index in [1.165, 1.54) is 19.4 Å². The molecule has 2 rings (SSSR count). The zero-order chi connectivity index (χ0) is 14.0. The van der Waals surface area contributed by atoms with Crippen LogP contribution in [0.3, 0.4) is 0 Å². The molecule has 1 N–H and O–H groups in total. The van der Waals surface area contributed by atoms with Gasteiger partial charge in [-0.2, -0.15) is 0 Å². The van der Waals surface area contributed by atoms with Gasteiger partial charge in [0, 0.05) is 18.8 Å². The number of amides is 1. The molecule has 0 radical (unpaired) electrons. The number of carbonyl (C=O) groups excluding carboxylic acids is 1. The van der Waals surface area contributed by atoms with E-state index in [-0.39, 0.29) is 23.1 Å². The van der Waals surface area contributed by atoms with Crippen molar-refractivity contribution < 1.29 is 9.53 Å². The second kappa shape index (κ2) is 5.30. The van der Waals surface area contributed by atoms with E-state index in [1.54, 1.807) is 4.90 Å². The van der Waals surface area contributed by atoms with E-state index in [2.05, 4.69) is 18.8 Å². The van der Waals surface area contributed by atoms with Crippen molar-refractivity contribution in [2.45, 2.75) is 19.9 Å². The SMILES string of the molecule is COc1c[nH]c(C(=O)N2CC=CC2C(C)C)cc1=O. The molecule has 1 aliphatic rings. The van der Waals surface area contributed by atoms with Gasteiger partial charge in [-0.25, -0.2) is 0 Å². The lowest BCUT2D eigenvalue weighted by Gasteiger charge is -2.27. The molecule has 19 heavy (non-hydrogen) atoms. The van der Waals surface area contributed by atoms with E-state index < -0.39 is 0 Å². The Balaban J connectivity index is 2.25. The van der Waals surface area contributed by atoms with Gasteiger partial charge in [0.25, 0.3) is 5.91 Å². The molecule has 1 unspecified atom stereocenters. The Morgan fingerprint density at radius 1 is 1.53 bits per heavy atom. The van der Waals surface area contributed by atoms with Crippen LogP contribution in [-0.4, -0.2) is 35.5 Å². The van der Waals surface area contributed by atoms with E-state index in [4.69, 9.17) is 4.74 Å². The third kappa shape index (κ3) is 2.54. The summed E-state index contributed by atoms with van der Waals surface area (Å²) in [6.07, 6.45) is 5.43. The Bertz CT molecular complexity index is 560. The highest BCUT2D eigenvalue weighted by Crippen LogP contribution is 2.19. The standard InChI is InChI=1S/C14H18N2O3/c1-9(2)11-5-4-6-16(11)14(18)10-7-12(17)13(19-3)8-15-10/h4-5,7-9,11H,6H2,1-3H3,(H,15,17). The van der Waals surface area contributed by atoms with Crippen LogP contribution in [0, 0.1) is 5.92 Å². The fourth-order valence-electron chi connectivity index (χ4n) is 2.24. The zero-order valence-corrected chi connectivity index (χ0v) is 11.3. The number of nitrogens with one attached hydrogen (secondary N) is 1. The lowest BCUT2D eigenvalue weighted by molar-refractivity contribution is 0.0714. The molecule has 2 heterocycles. The minimum Gasteiger partial charge on any atom is -0.491 e. The number of methoxy groups -OCH3 is 1. The zero-order valence-electron chi connectivity index (χ0n) is 11.3. The Morgan fingerprint density at radius 2 is 2.26 bits per heavy atom. The van der Waals surface area contributed by atoms with E-state index in [0.29, 0.717) is 18.2 Å². The summed E-state index contributed by atoms with van der Waals surface area (Å²) in [5, 5.41) is 0. The maximum Gasteiger partial charge on any atom is 0.271 e. The molecule has 5 heteroatoms. The highest BCUT2D eigenvalue weighted by atomic mass is 16.5. The third-order valence-electron chi connectivity index (χ3n) is 3.27. The summed E-state index contributed by atoms with van der Waals surface area (Å²) in [4.78, 5) is 28.6. The highest BCUT2D eigenvalue weighted by Gasteiger charge is 2.28. The summed E-state index contributed by atoms with van der Waals surface area (Å²) in [5.74, 6) is 0.382. The van der Waals surface area contributed by atoms with Gasteiger partial charge in [0.1, 0.15) is 5.69 Å². The fourth-order valence-corrected chi connectivity index (χ4v) is 2.24. The summed E-state index contributed by atoms with van der Waals surface area (Å²) in [7, 11) is 1.42. The maximum absolute atomic E-state index is 12.4. The van der Waals surface area contributed by atoms with Crippen LogP contribution in [0.2, 0.25) is 0 Å². The van der Waals surface area contributed by atoms with Gasteiger partial charge in [0.15, 0.2) is 5.75 Å². The molecule has 0 aliphatic carbocycles. The largest absolute Gasteiger partial charge is 0.491 e. The van der Waals surface area contributed by atoms with Crippen molar-refractivity contribution in [2.75, 3.05) is 13.7 Å². The number of aromatic nitrogens is 1. The number of carbonyl (C=O) groups is 1. The molecule has 0 spiro atoms. The van der Waals surface area contributed by atoms with Gasteiger partial charge in [-0.1, -0.05) is 26.0 Å². The minimum atomic E-state index is -0.294. The summed E-state index contributed by atoms with van der Waals surface area (Å²) in [6, 6.07) is 1.37. The van der Waals surface area contributed by atoms with Crippen LogP contribution in [0.5, 0.6) is 5.75 Å². The number of rotatable bonds is 3. The van der Waals surface area contributed by atoms with Gasteiger partial charge in [-0.15, -0.1) is 0 Å². The maximum atomic E-state index is 12.4. The van der Waals surface area contributed by atoms with Crippen LogP contribution in [0.1, 0.15) is 24.3 Å². The summed E-state index contributed by atoms with van der Waals surface area (Å²) < 4.78 is 4.88. The van der Waals surface area contributed by atoms with E-state index in [9.17, 15) is 9.59 Å². The molecule has 1 aromatic rings. The van der Waals surface area contributed by atoms with Gasteiger partial charge >= 0.3 is 0 Å². The molecule has 1 aromatic heterocycles. The van der Waals surface area contributed by atoms with Crippen molar-refractivity contribution in [3.05, 3.63) is 40.3 Å². The Morgan fingerprint density at radius 3 is 2.84 bits per heavy atom. The quantitative estimate of drug-likeness (QED) is 0.838. The van der Waals surface area contributed by atoms with E-state index in [0.717, 1.165) is 0 Å². The molecule has 5 nitrogen and oxygen atoms in total. The average Bonchev–Trinajstić information content (AvgIpc) is 2.87. The van der Waals surface area contributed by atoms with E-state index in [1.807, 2.05) is 12.2 Å². The predicted molar refractivity (Wildman–Crippen MR) is 72.4 cm³/mol. The molecule has 0 fully saturated rings. The van der Waals surface area contributed by atoms with Gasteiger partial charge in [0.2, 0.25) is 5.43 Å². The second-order valence-corrected chi connectivity index (χ2v) is 4.90. The first-order chi connectivity index (χ1) is 9.04. The molecule has 1 amide bonds. The third-order valence-corrected chi connectivity index (χ3v) is 3.27. The van der Waals surface area contributed by atoms with Crippen molar-refractivity contribution in [2.24, 2.45) is 5.92 Å². The average molecular weight is 262 g/mol. The van der Waals surface area contributed by atoms with Gasteiger partial charge in [-0.05, 0) is 5.92 Å². The fraction of sp³-hybridized carbons (Fsp3) is 0.429. The molecule has 0 aromatic carbocycles. The first-order valence-electron chi connectivity index (χ1n) is 6.29. The minimum absolute atomic E-state index is 0.0816. The van der Waals surface area contributed by atoms with Crippen molar-refractivity contribution >= 4 is 5.91 Å². The molecule has 0 saturated carbocycles. The van der Waals surface area contributed by atoms with Crippen molar-refractivity contribution in [3.63, 3.8) is 0 Å². The smallest absolute Gasteiger partial charge is 0.271 e. The van der Waals surface area contributed by atoms with Crippen LogP contribution < -0.4 is 10.2 Å². The lowest BCUT2D eigenvalue weighted by atomic mass is 10.0. The summed E-state index contributed by atoms with van der Waals surface area (Å²) >= 11 is 0.